The standard InChI is InChI=1S/C23H30F3N3O/c24-23(25,26)18-2-1-3-20(13-18)29-8-6-28(7-9-29)5-4-27-21(30)22-14-16-10-17(15-22)12-19(22)11-16/h1-3,13,16-17,19H,4-12,14-15H2,(H,27,30). The minimum atomic E-state index is -4.31. The number of anilines is 1. The molecule has 1 N–H and O–H groups in total. The van der Waals surface area contributed by atoms with Gasteiger partial charge in [-0.3, -0.25) is 9.69 Å². The minimum absolute atomic E-state index is 0.0736. The number of alkyl halides is 3. The van der Waals surface area contributed by atoms with Crippen LogP contribution < -0.4 is 10.2 Å². The van der Waals surface area contributed by atoms with E-state index in [1.54, 1.807) is 6.07 Å². The molecule has 4 bridgehead atoms. The molecule has 6 rings (SSSR count). The molecule has 1 amide bonds. The Kier molecular flexibility index (Phi) is 4.99. The molecule has 0 aromatic heterocycles. The van der Waals surface area contributed by atoms with Crippen LogP contribution in [0.5, 0.6) is 0 Å². The predicted octanol–water partition coefficient (Wildman–Crippen LogP) is 3.77. The fraction of sp³-hybridized carbons (Fsp3) is 0.696. The van der Waals surface area contributed by atoms with Crippen molar-refractivity contribution in [1.82, 2.24) is 10.2 Å². The monoisotopic (exact) mass is 421 g/mol. The summed E-state index contributed by atoms with van der Waals surface area (Å²) in [6, 6.07) is 5.57. The highest BCUT2D eigenvalue weighted by molar-refractivity contribution is 5.84. The molecule has 0 spiro atoms. The predicted molar refractivity (Wildman–Crippen MR) is 109 cm³/mol. The molecule has 1 aromatic rings. The Hall–Kier alpha value is -1.76. The largest absolute Gasteiger partial charge is 0.416 e. The van der Waals surface area contributed by atoms with Crippen molar-refractivity contribution < 1.29 is 18.0 Å². The van der Waals surface area contributed by atoms with Crippen LogP contribution in [0.15, 0.2) is 24.3 Å². The maximum absolute atomic E-state index is 13.0. The number of benzene rings is 1. The molecule has 5 aliphatic rings. The van der Waals surface area contributed by atoms with E-state index in [1.165, 1.54) is 31.4 Å². The van der Waals surface area contributed by atoms with Gasteiger partial charge in [0.2, 0.25) is 5.91 Å². The fourth-order valence-electron chi connectivity index (χ4n) is 6.78. The lowest BCUT2D eigenvalue weighted by atomic mass is 9.75. The highest BCUT2D eigenvalue weighted by Gasteiger charge is 2.61. The molecule has 4 nitrogen and oxygen atoms in total. The number of piperazine rings is 1. The number of hydrogen-bond acceptors (Lipinski definition) is 3. The van der Waals surface area contributed by atoms with Crippen LogP contribution in [0.3, 0.4) is 0 Å². The van der Waals surface area contributed by atoms with Gasteiger partial charge in [-0.05, 0) is 68.1 Å². The SMILES string of the molecule is O=C(NCCN1CCN(c2cccc(C(F)(F)F)c2)CC1)C12CC3CC(CC1C3)C2. The summed E-state index contributed by atoms with van der Waals surface area (Å²) < 4.78 is 38.9. The molecule has 2 atom stereocenters. The number of hydrogen-bond donors (Lipinski definition) is 1. The van der Waals surface area contributed by atoms with E-state index < -0.39 is 11.7 Å². The maximum atomic E-state index is 13.0. The average Bonchev–Trinajstić information content (AvgIpc) is 3.13. The van der Waals surface area contributed by atoms with Crippen molar-refractivity contribution in [2.75, 3.05) is 44.2 Å². The number of carbonyl (C=O) groups is 1. The third kappa shape index (κ3) is 3.59. The Morgan fingerprint density at radius 3 is 2.43 bits per heavy atom. The lowest BCUT2D eigenvalue weighted by Crippen LogP contribution is -2.50. The first kappa shape index (κ1) is 20.2. The van der Waals surface area contributed by atoms with Gasteiger partial charge in [-0.2, -0.15) is 13.2 Å². The molecule has 4 saturated carbocycles. The van der Waals surface area contributed by atoms with Crippen LogP contribution in [0.4, 0.5) is 18.9 Å². The first-order valence-electron chi connectivity index (χ1n) is 11.3. The molecule has 1 saturated heterocycles. The van der Waals surface area contributed by atoms with E-state index in [0.717, 1.165) is 50.4 Å². The summed E-state index contributed by atoms with van der Waals surface area (Å²) in [6.07, 6.45) is 1.71. The van der Waals surface area contributed by atoms with Crippen LogP contribution in [0, 0.1) is 23.2 Å². The Bertz CT molecular complexity index is 789. The number of halogens is 3. The van der Waals surface area contributed by atoms with Crippen molar-refractivity contribution in [3.8, 4) is 0 Å². The van der Waals surface area contributed by atoms with Crippen molar-refractivity contribution in [3.05, 3.63) is 29.8 Å². The summed E-state index contributed by atoms with van der Waals surface area (Å²) in [5.41, 5.74) is -0.0429. The van der Waals surface area contributed by atoms with Gasteiger partial charge in [0.05, 0.1) is 11.0 Å². The second kappa shape index (κ2) is 7.43. The summed E-state index contributed by atoms with van der Waals surface area (Å²) in [5.74, 6) is 2.44. The number of carbonyl (C=O) groups excluding carboxylic acids is 1. The van der Waals surface area contributed by atoms with Gasteiger partial charge < -0.3 is 10.2 Å². The van der Waals surface area contributed by atoms with Gasteiger partial charge in [0.1, 0.15) is 0 Å². The zero-order valence-corrected chi connectivity index (χ0v) is 17.3. The van der Waals surface area contributed by atoms with Crippen molar-refractivity contribution in [3.63, 3.8) is 0 Å². The molecular formula is C23H30F3N3O. The van der Waals surface area contributed by atoms with Crippen molar-refractivity contribution in [2.45, 2.75) is 38.3 Å². The number of nitrogens with zero attached hydrogens (tertiary/aromatic N) is 2. The van der Waals surface area contributed by atoms with Crippen LogP contribution in [-0.4, -0.2) is 50.1 Å². The highest BCUT2D eigenvalue weighted by atomic mass is 19.4. The Morgan fingerprint density at radius 1 is 1.07 bits per heavy atom. The summed E-state index contributed by atoms with van der Waals surface area (Å²) in [5, 5.41) is 3.22. The lowest BCUT2D eigenvalue weighted by Gasteiger charge is -2.36. The van der Waals surface area contributed by atoms with Gasteiger partial charge >= 0.3 is 6.18 Å². The first-order valence-corrected chi connectivity index (χ1v) is 11.3. The molecule has 2 unspecified atom stereocenters. The molecule has 1 aliphatic heterocycles. The topological polar surface area (TPSA) is 35.6 Å². The van der Waals surface area contributed by atoms with E-state index in [0.29, 0.717) is 31.2 Å². The average molecular weight is 422 g/mol. The summed E-state index contributed by atoms with van der Waals surface area (Å²) in [7, 11) is 0. The van der Waals surface area contributed by atoms with Gasteiger partial charge in [0.25, 0.3) is 0 Å². The van der Waals surface area contributed by atoms with E-state index in [2.05, 4.69) is 10.2 Å². The molecule has 164 valence electrons. The lowest BCUT2D eigenvalue weighted by molar-refractivity contribution is -0.137. The van der Waals surface area contributed by atoms with Crippen molar-refractivity contribution >= 4 is 11.6 Å². The third-order valence-corrected chi connectivity index (χ3v) is 8.07. The number of rotatable bonds is 5. The number of amides is 1. The third-order valence-electron chi connectivity index (χ3n) is 8.07. The molecule has 1 heterocycles. The highest BCUT2D eigenvalue weighted by Crippen LogP contribution is 2.65. The molecule has 5 fully saturated rings. The molecule has 30 heavy (non-hydrogen) atoms. The molecule has 1 aromatic carbocycles. The van der Waals surface area contributed by atoms with Gasteiger partial charge in [0, 0.05) is 45.0 Å². The molecule has 7 heteroatoms. The Balaban J connectivity index is 1.09. The Morgan fingerprint density at radius 2 is 1.77 bits per heavy atom. The molecule has 0 radical (unpaired) electrons. The van der Waals surface area contributed by atoms with E-state index in [9.17, 15) is 18.0 Å². The first-order chi connectivity index (χ1) is 14.3. The van der Waals surface area contributed by atoms with E-state index in [4.69, 9.17) is 0 Å². The van der Waals surface area contributed by atoms with Gasteiger partial charge in [-0.25, -0.2) is 0 Å². The summed E-state index contributed by atoms with van der Waals surface area (Å²) in [6.45, 7) is 4.45. The molecular weight excluding hydrogens is 391 g/mol. The normalized spacial score (nSPS) is 33.3. The van der Waals surface area contributed by atoms with Crippen LogP contribution in [0.25, 0.3) is 0 Å². The second-order valence-electron chi connectivity index (χ2n) is 9.83. The number of nitrogens with one attached hydrogen (secondary N) is 1. The van der Waals surface area contributed by atoms with Crippen molar-refractivity contribution in [1.29, 1.82) is 0 Å². The van der Waals surface area contributed by atoms with E-state index in [1.807, 2.05) is 4.90 Å². The fourth-order valence-corrected chi connectivity index (χ4v) is 6.78. The van der Waals surface area contributed by atoms with Crippen LogP contribution in [-0.2, 0) is 11.0 Å². The van der Waals surface area contributed by atoms with Crippen LogP contribution >= 0.6 is 0 Å². The van der Waals surface area contributed by atoms with Crippen molar-refractivity contribution in [2.24, 2.45) is 23.2 Å². The summed E-state index contributed by atoms with van der Waals surface area (Å²) >= 11 is 0. The second-order valence-corrected chi connectivity index (χ2v) is 9.83. The molecule has 4 aliphatic carbocycles. The summed E-state index contributed by atoms with van der Waals surface area (Å²) in [4.78, 5) is 17.3. The van der Waals surface area contributed by atoms with Gasteiger partial charge in [-0.15, -0.1) is 0 Å². The Labute approximate surface area is 175 Å². The maximum Gasteiger partial charge on any atom is 0.416 e. The van der Waals surface area contributed by atoms with Gasteiger partial charge in [-0.1, -0.05) is 6.07 Å². The zero-order chi connectivity index (χ0) is 20.9. The zero-order valence-electron chi connectivity index (χ0n) is 17.3. The van der Waals surface area contributed by atoms with Crippen LogP contribution in [0.2, 0.25) is 0 Å². The van der Waals surface area contributed by atoms with E-state index in [-0.39, 0.29) is 11.3 Å². The van der Waals surface area contributed by atoms with Crippen LogP contribution in [0.1, 0.15) is 37.7 Å². The smallest absolute Gasteiger partial charge is 0.369 e. The van der Waals surface area contributed by atoms with E-state index >= 15 is 0 Å². The van der Waals surface area contributed by atoms with Gasteiger partial charge in [0.15, 0.2) is 0 Å². The quantitative estimate of drug-likeness (QED) is 0.786. The minimum Gasteiger partial charge on any atom is -0.369 e.